The minimum Gasteiger partial charge on any atom is -0.352 e. The molecule has 1 aliphatic carbocycles. The first-order valence-electron chi connectivity index (χ1n) is 10.6. The van der Waals surface area contributed by atoms with Crippen molar-refractivity contribution < 1.29 is 14.4 Å². The summed E-state index contributed by atoms with van der Waals surface area (Å²) in [5.74, 6) is 0.161. The molecule has 1 saturated carbocycles. The molecule has 0 bridgehead atoms. The Labute approximate surface area is 176 Å². The maximum Gasteiger partial charge on any atom is 0.251 e. The van der Waals surface area contributed by atoms with Gasteiger partial charge in [-0.15, -0.1) is 0 Å². The topological polar surface area (TPSA) is 78.5 Å². The molecule has 3 amide bonds. The predicted octanol–water partition coefficient (Wildman–Crippen LogP) is 3.13. The van der Waals surface area contributed by atoms with E-state index in [4.69, 9.17) is 0 Å². The molecule has 2 N–H and O–H groups in total. The second kappa shape index (κ2) is 9.11. The summed E-state index contributed by atoms with van der Waals surface area (Å²) in [4.78, 5) is 38.4. The molecule has 0 saturated heterocycles. The number of amides is 3. The lowest BCUT2D eigenvalue weighted by molar-refractivity contribution is -0.132. The van der Waals surface area contributed by atoms with Crippen molar-refractivity contribution in [3.8, 4) is 0 Å². The lowest BCUT2D eigenvalue weighted by atomic mass is 9.99. The Hall–Kier alpha value is -3.15. The molecule has 0 atom stereocenters. The minimum atomic E-state index is -0.172. The number of hydrogen-bond donors (Lipinski definition) is 2. The van der Waals surface area contributed by atoms with Gasteiger partial charge in [0.15, 0.2) is 0 Å². The molecule has 6 heteroatoms. The number of benzene rings is 2. The molecule has 4 rings (SSSR count). The Kier molecular flexibility index (Phi) is 6.12. The van der Waals surface area contributed by atoms with Crippen LogP contribution in [0.1, 0.15) is 47.2 Å². The third-order valence-electron chi connectivity index (χ3n) is 5.70. The van der Waals surface area contributed by atoms with Crippen LogP contribution >= 0.6 is 0 Å². The van der Waals surface area contributed by atoms with E-state index in [1.165, 1.54) is 11.1 Å². The first kappa shape index (κ1) is 20.1. The van der Waals surface area contributed by atoms with Crippen molar-refractivity contribution >= 4 is 23.4 Å². The van der Waals surface area contributed by atoms with Crippen molar-refractivity contribution in [1.29, 1.82) is 0 Å². The summed E-state index contributed by atoms with van der Waals surface area (Å²) in [6, 6.07) is 15.1. The van der Waals surface area contributed by atoms with Crippen LogP contribution in [0.15, 0.2) is 48.5 Å². The van der Waals surface area contributed by atoms with Crippen molar-refractivity contribution in [3.63, 3.8) is 0 Å². The van der Waals surface area contributed by atoms with Crippen molar-refractivity contribution in [2.45, 2.75) is 38.6 Å². The van der Waals surface area contributed by atoms with Gasteiger partial charge in [0, 0.05) is 43.2 Å². The zero-order valence-electron chi connectivity index (χ0n) is 17.0. The van der Waals surface area contributed by atoms with Crippen molar-refractivity contribution in [2.24, 2.45) is 5.92 Å². The van der Waals surface area contributed by atoms with E-state index in [9.17, 15) is 14.4 Å². The molecule has 1 fully saturated rings. The van der Waals surface area contributed by atoms with Crippen molar-refractivity contribution in [3.05, 3.63) is 65.2 Å². The van der Waals surface area contributed by atoms with Crippen LogP contribution in [0.3, 0.4) is 0 Å². The molecule has 156 valence electrons. The summed E-state index contributed by atoms with van der Waals surface area (Å²) < 4.78 is 0. The highest BCUT2D eigenvalue weighted by atomic mass is 16.2. The molecule has 2 aromatic rings. The fraction of sp³-hybridized carbons (Fsp3) is 0.375. The molecule has 0 spiro atoms. The van der Waals surface area contributed by atoms with Gasteiger partial charge in [-0.25, -0.2) is 0 Å². The Balaban J connectivity index is 1.17. The highest BCUT2D eigenvalue weighted by Gasteiger charge is 2.29. The normalized spacial score (nSPS) is 15.3. The zero-order chi connectivity index (χ0) is 20.9. The van der Waals surface area contributed by atoms with Crippen molar-refractivity contribution in [1.82, 2.24) is 10.2 Å². The first-order chi connectivity index (χ1) is 14.6. The second-order valence-electron chi connectivity index (χ2n) is 8.03. The van der Waals surface area contributed by atoms with E-state index in [-0.39, 0.29) is 23.6 Å². The minimum absolute atomic E-state index is 0.0501. The van der Waals surface area contributed by atoms with Crippen LogP contribution in [0.2, 0.25) is 0 Å². The number of hydrogen-bond acceptors (Lipinski definition) is 3. The molecule has 1 aliphatic heterocycles. The molecule has 0 unspecified atom stereocenters. The van der Waals surface area contributed by atoms with Crippen LogP contribution in [-0.2, 0) is 22.6 Å². The number of rotatable bonds is 7. The smallest absolute Gasteiger partial charge is 0.251 e. The van der Waals surface area contributed by atoms with Crippen LogP contribution in [0.4, 0.5) is 5.69 Å². The fourth-order valence-corrected chi connectivity index (χ4v) is 3.71. The van der Waals surface area contributed by atoms with Gasteiger partial charge in [0.1, 0.15) is 0 Å². The summed E-state index contributed by atoms with van der Waals surface area (Å²) in [5.41, 5.74) is 3.80. The maximum atomic E-state index is 12.5. The summed E-state index contributed by atoms with van der Waals surface area (Å²) in [6.07, 6.45) is 3.85. The lowest BCUT2D eigenvalue weighted by Crippen LogP contribution is -2.36. The monoisotopic (exact) mass is 405 g/mol. The van der Waals surface area contributed by atoms with Gasteiger partial charge in [-0.2, -0.15) is 0 Å². The van der Waals surface area contributed by atoms with Gasteiger partial charge in [0.05, 0.1) is 0 Å². The van der Waals surface area contributed by atoms with E-state index < -0.39 is 0 Å². The van der Waals surface area contributed by atoms with Gasteiger partial charge < -0.3 is 15.5 Å². The Bertz CT molecular complexity index is 935. The third-order valence-corrected chi connectivity index (χ3v) is 5.70. The quantitative estimate of drug-likeness (QED) is 0.695. The number of nitrogens with zero attached hydrogens (tertiary/aromatic N) is 1. The summed E-state index contributed by atoms with van der Waals surface area (Å²) in [5, 5.41) is 5.72. The van der Waals surface area contributed by atoms with E-state index in [1.54, 1.807) is 24.3 Å². The SMILES string of the molecule is O=C(NCCCC(=O)N1CCc2ccccc2C1)c1ccc(NC(=O)C2CC2)cc1. The van der Waals surface area contributed by atoms with Gasteiger partial charge in [-0.3, -0.25) is 14.4 Å². The zero-order valence-corrected chi connectivity index (χ0v) is 17.0. The highest BCUT2D eigenvalue weighted by Crippen LogP contribution is 2.30. The Morgan fingerprint density at radius 2 is 1.70 bits per heavy atom. The van der Waals surface area contributed by atoms with E-state index >= 15 is 0 Å². The molecular formula is C24H27N3O3. The Morgan fingerprint density at radius 1 is 0.967 bits per heavy atom. The predicted molar refractivity (Wildman–Crippen MR) is 115 cm³/mol. The molecule has 1 heterocycles. The van der Waals surface area contributed by atoms with Gasteiger partial charge in [0.25, 0.3) is 5.91 Å². The summed E-state index contributed by atoms with van der Waals surface area (Å²) in [7, 11) is 0. The Morgan fingerprint density at radius 3 is 2.43 bits per heavy atom. The molecular weight excluding hydrogens is 378 g/mol. The molecule has 2 aromatic carbocycles. The molecule has 0 radical (unpaired) electrons. The van der Waals surface area contributed by atoms with Crippen LogP contribution in [0.25, 0.3) is 0 Å². The van der Waals surface area contributed by atoms with Crippen LogP contribution in [-0.4, -0.2) is 35.7 Å². The highest BCUT2D eigenvalue weighted by molar-refractivity contribution is 5.96. The number of anilines is 1. The average Bonchev–Trinajstić information content (AvgIpc) is 3.62. The number of fused-ring (bicyclic) bond motifs is 1. The van der Waals surface area contributed by atoms with E-state index in [1.807, 2.05) is 17.0 Å². The van der Waals surface area contributed by atoms with Crippen LogP contribution in [0, 0.1) is 5.92 Å². The second-order valence-corrected chi connectivity index (χ2v) is 8.03. The largest absolute Gasteiger partial charge is 0.352 e. The number of nitrogens with one attached hydrogen (secondary N) is 2. The molecule has 2 aliphatic rings. The van der Waals surface area contributed by atoms with E-state index in [0.717, 1.165) is 25.8 Å². The van der Waals surface area contributed by atoms with Gasteiger partial charge in [-0.1, -0.05) is 24.3 Å². The van der Waals surface area contributed by atoms with Gasteiger partial charge >= 0.3 is 0 Å². The lowest BCUT2D eigenvalue weighted by Gasteiger charge is -2.29. The summed E-state index contributed by atoms with van der Waals surface area (Å²) in [6.45, 7) is 1.88. The van der Waals surface area contributed by atoms with Gasteiger partial charge in [-0.05, 0) is 61.1 Å². The van der Waals surface area contributed by atoms with Crippen LogP contribution < -0.4 is 10.6 Å². The maximum absolute atomic E-state index is 12.5. The molecule has 0 aromatic heterocycles. The van der Waals surface area contributed by atoms with E-state index in [2.05, 4.69) is 22.8 Å². The molecule has 6 nitrogen and oxygen atoms in total. The third kappa shape index (κ3) is 5.06. The van der Waals surface area contributed by atoms with Crippen LogP contribution in [0.5, 0.6) is 0 Å². The number of carbonyl (C=O) groups excluding carboxylic acids is 3. The standard InChI is InChI=1S/C24H27N3O3/c28-22(27-15-13-17-4-1-2-5-20(17)16-27)6-3-14-25-23(29)18-9-11-21(12-10-18)26-24(30)19-7-8-19/h1-2,4-5,9-12,19H,3,6-8,13-16H2,(H,25,29)(H,26,30). The summed E-state index contributed by atoms with van der Waals surface area (Å²) >= 11 is 0. The first-order valence-corrected chi connectivity index (χ1v) is 10.6. The average molecular weight is 405 g/mol. The van der Waals surface area contributed by atoms with E-state index in [0.29, 0.717) is 37.2 Å². The van der Waals surface area contributed by atoms with Crippen molar-refractivity contribution in [2.75, 3.05) is 18.4 Å². The fourth-order valence-electron chi connectivity index (χ4n) is 3.71. The molecule has 30 heavy (non-hydrogen) atoms. The van der Waals surface area contributed by atoms with Gasteiger partial charge in [0.2, 0.25) is 11.8 Å². The number of carbonyl (C=O) groups is 3.